The van der Waals surface area contributed by atoms with Crippen molar-refractivity contribution >= 4 is 11.4 Å². The lowest BCUT2D eigenvalue weighted by Crippen LogP contribution is -2.60. The molecule has 1 atom stereocenters. The molecule has 4 aliphatic rings. The van der Waals surface area contributed by atoms with E-state index in [2.05, 4.69) is 14.7 Å². The van der Waals surface area contributed by atoms with Crippen molar-refractivity contribution in [2.24, 2.45) is 0 Å². The van der Waals surface area contributed by atoms with Crippen LogP contribution in [0.4, 0.5) is 11.4 Å². The minimum absolute atomic E-state index is 0.100. The monoisotopic (exact) mass is 358 g/mol. The summed E-state index contributed by atoms with van der Waals surface area (Å²) >= 11 is 0. The number of likely N-dealkylation sites (tertiary alicyclic amines) is 1. The van der Waals surface area contributed by atoms with Crippen LogP contribution in [0.2, 0.25) is 0 Å². The van der Waals surface area contributed by atoms with E-state index in [1.54, 1.807) is 12.1 Å². The van der Waals surface area contributed by atoms with Crippen LogP contribution in [0.1, 0.15) is 25.7 Å². The van der Waals surface area contributed by atoms with Gasteiger partial charge in [-0.05, 0) is 44.8 Å². The van der Waals surface area contributed by atoms with E-state index in [-0.39, 0.29) is 10.6 Å². The van der Waals surface area contributed by atoms with Crippen molar-refractivity contribution in [3.63, 3.8) is 0 Å². The standard InChI is InChI=1S/C19H26N4O3/c24-23(25)16-3-4-18-19(11-16)26-13-17-12-21(9-10-22(17)18)15-5-7-20(8-6-15)14-1-2-14/h3-4,11,14-15,17H,1-2,5-10,12-13H2/t17-/m0/s1. The maximum Gasteiger partial charge on any atom is 0.273 e. The fourth-order valence-corrected chi connectivity index (χ4v) is 4.88. The maximum atomic E-state index is 11.0. The molecule has 0 N–H and O–H groups in total. The Morgan fingerprint density at radius 1 is 0.962 bits per heavy atom. The molecule has 3 heterocycles. The summed E-state index contributed by atoms with van der Waals surface area (Å²) in [5, 5.41) is 11.0. The molecule has 7 heteroatoms. The third-order valence-electron chi connectivity index (χ3n) is 6.49. The fourth-order valence-electron chi connectivity index (χ4n) is 4.88. The van der Waals surface area contributed by atoms with E-state index < -0.39 is 0 Å². The van der Waals surface area contributed by atoms with Gasteiger partial charge in [-0.3, -0.25) is 15.0 Å². The van der Waals surface area contributed by atoms with Crippen molar-refractivity contribution in [1.29, 1.82) is 0 Å². The predicted octanol–water partition coefficient (Wildman–Crippen LogP) is 2.10. The van der Waals surface area contributed by atoms with Gasteiger partial charge in [0.1, 0.15) is 12.4 Å². The van der Waals surface area contributed by atoms with Gasteiger partial charge in [0.25, 0.3) is 5.69 Å². The fraction of sp³-hybridized carbons (Fsp3) is 0.684. The van der Waals surface area contributed by atoms with E-state index in [0.29, 0.717) is 24.4 Å². The molecule has 5 rings (SSSR count). The first kappa shape index (κ1) is 16.3. The number of rotatable bonds is 3. The number of nitro benzene ring substituents is 1. The van der Waals surface area contributed by atoms with Crippen molar-refractivity contribution in [3.8, 4) is 5.75 Å². The second kappa shape index (κ2) is 6.39. The number of fused-ring (bicyclic) bond motifs is 3. The smallest absolute Gasteiger partial charge is 0.273 e. The third kappa shape index (κ3) is 2.93. The zero-order chi connectivity index (χ0) is 17.7. The van der Waals surface area contributed by atoms with Gasteiger partial charge in [0.15, 0.2) is 0 Å². The number of benzene rings is 1. The van der Waals surface area contributed by atoms with E-state index in [1.807, 2.05) is 6.07 Å². The molecule has 26 heavy (non-hydrogen) atoms. The molecule has 1 aromatic rings. The highest BCUT2D eigenvalue weighted by molar-refractivity contribution is 5.64. The second-order valence-electron chi connectivity index (χ2n) is 8.06. The molecule has 2 saturated heterocycles. The van der Waals surface area contributed by atoms with Gasteiger partial charge >= 0.3 is 0 Å². The SMILES string of the molecule is O=[N+]([O-])c1ccc2c(c1)OC[C@@H]1CN(C3CCN(C4CC4)CC3)CCN21. The summed E-state index contributed by atoms with van der Waals surface area (Å²) in [6.07, 6.45) is 5.38. The Kier molecular flexibility index (Phi) is 4.01. The van der Waals surface area contributed by atoms with Crippen molar-refractivity contribution in [3.05, 3.63) is 28.3 Å². The first-order valence-electron chi connectivity index (χ1n) is 9.85. The van der Waals surface area contributed by atoms with Gasteiger partial charge < -0.3 is 14.5 Å². The van der Waals surface area contributed by atoms with E-state index in [1.165, 1.54) is 38.8 Å². The molecule has 0 bridgehead atoms. The highest BCUT2D eigenvalue weighted by atomic mass is 16.6. The average Bonchev–Trinajstić information content (AvgIpc) is 3.52. The molecule has 1 aromatic carbocycles. The van der Waals surface area contributed by atoms with Crippen molar-refractivity contribution in [1.82, 2.24) is 9.80 Å². The van der Waals surface area contributed by atoms with Crippen LogP contribution in [0.15, 0.2) is 18.2 Å². The van der Waals surface area contributed by atoms with Crippen LogP contribution in [0.3, 0.4) is 0 Å². The number of hydrogen-bond donors (Lipinski definition) is 0. The molecule has 3 fully saturated rings. The van der Waals surface area contributed by atoms with Crippen LogP contribution in [0.25, 0.3) is 0 Å². The number of piperazine rings is 1. The number of ether oxygens (including phenoxy) is 1. The molecule has 0 spiro atoms. The first-order chi connectivity index (χ1) is 12.7. The molecule has 0 radical (unpaired) electrons. The van der Waals surface area contributed by atoms with Crippen molar-refractivity contribution in [2.45, 2.75) is 43.8 Å². The number of nitrogens with zero attached hydrogens (tertiary/aromatic N) is 4. The van der Waals surface area contributed by atoms with Crippen LogP contribution < -0.4 is 9.64 Å². The minimum Gasteiger partial charge on any atom is -0.489 e. The summed E-state index contributed by atoms with van der Waals surface area (Å²) in [6, 6.07) is 6.93. The molecule has 0 amide bonds. The van der Waals surface area contributed by atoms with Crippen LogP contribution >= 0.6 is 0 Å². The second-order valence-corrected chi connectivity index (χ2v) is 8.06. The molecule has 1 aliphatic carbocycles. The van der Waals surface area contributed by atoms with Gasteiger partial charge in [0.05, 0.1) is 22.7 Å². The largest absolute Gasteiger partial charge is 0.489 e. The van der Waals surface area contributed by atoms with E-state index in [0.717, 1.165) is 31.4 Å². The Balaban J connectivity index is 1.24. The Morgan fingerprint density at radius 3 is 2.46 bits per heavy atom. The third-order valence-corrected chi connectivity index (χ3v) is 6.49. The summed E-state index contributed by atoms with van der Waals surface area (Å²) in [7, 11) is 0. The predicted molar refractivity (Wildman–Crippen MR) is 98.9 cm³/mol. The molecular formula is C19H26N4O3. The summed E-state index contributed by atoms with van der Waals surface area (Å²) in [5.41, 5.74) is 1.11. The van der Waals surface area contributed by atoms with Gasteiger partial charge in [-0.15, -0.1) is 0 Å². The zero-order valence-electron chi connectivity index (χ0n) is 15.0. The van der Waals surface area contributed by atoms with Gasteiger partial charge in [0.2, 0.25) is 0 Å². The highest BCUT2D eigenvalue weighted by Gasteiger charge is 2.38. The van der Waals surface area contributed by atoms with E-state index in [9.17, 15) is 10.1 Å². The summed E-state index contributed by atoms with van der Waals surface area (Å²) < 4.78 is 5.90. The lowest BCUT2D eigenvalue weighted by molar-refractivity contribution is -0.384. The average molecular weight is 358 g/mol. The van der Waals surface area contributed by atoms with E-state index >= 15 is 0 Å². The van der Waals surface area contributed by atoms with E-state index in [4.69, 9.17) is 4.74 Å². The summed E-state index contributed by atoms with van der Waals surface area (Å²) in [4.78, 5) is 18.3. The van der Waals surface area contributed by atoms with Crippen LogP contribution in [-0.4, -0.2) is 72.2 Å². The summed E-state index contributed by atoms with van der Waals surface area (Å²) in [5.74, 6) is 0.654. The molecular weight excluding hydrogens is 332 g/mol. The Hall–Kier alpha value is -1.86. The number of hydrogen-bond acceptors (Lipinski definition) is 6. The van der Waals surface area contributed by atoms with Gasteiger partial charge in [0, 0.05) is 37.8 Å². The Bertz CT molecular complexity index is 700. The molecule has 0 aromatic heterocycles. The number of nitro groups is 1. The van der Waals surface area contributed by atoms with Crippen LogP contribution in [0, 0.1) is 10.1 Å². The molecule has 0 unspecified atom stereocenters. The molecule has 3 aliphatic heterocycles. The van der Waals surface area contributed by atoms with Gasteiger partial charge in [-0.2, -0.15) is 0 Å². The van der Waals surface area contributed by atoms with Crippen LogP contribution in [-0.2, 0) is 0 Å². The maximum absolute atomic E-state index is 11.0. The number of piperidine rings is 1. The molecule has 1 saturated carbocycles. The molecule has 140 valence electrons. The van der Waals surface area contributed by atoms with Crippen molar-refractivity contribution in [2.75, 3.05) is 44.2 Å². The molecule has 7 nitrogen and oxygen atoms in total. The Morgan fingerprint density at radius 2 is 1.73 bits per heavy atom. The van der Waals surface area contributed by atoms with Gasteiger partial charge in [-0.25, -0.2) is 0 Å². The Labute approximate surface area is 153 Å². The lowest BCUT2D eigenvalue weighted by atomic mass is 9.99. The lowest BCUT2D eigenvalue weighted by Gasteiger charge is -2.49. The zero-order valence-corrected chi connectivity index (χ0v) is 15.0. The number of anilines is 1. The normalized spacial score (nSPS) is 27.5. The number of non-ortho nitro benzene ring substituents is 1. The quantitative estimate of drug-likeness (QED) is 0.609. The minimum atomic E-state index is -0.359. The first-order valence-corrected chi connectivity index (χ1v) is 9.85. The van der Waals surface area contributed by atoms with Crippen LogP contribution in [0.5, 0.6) is 5.75 Å². The summed E-state index contributed by atoms with van der Waals surface area (Å²) in [6.45, 7) is 6.20. The van der Waals surface area contributed by atoms with Crippen molar-refractivity contribution < 1.29 is 9.66 Å². The van der Waals surface area contributed by atoms with Gasteiger partial charge in [-0.1, -0.05) is 0 Å². The highest BCUT2D eigenvalue weighted by Crippen LogP contribution is 2.38. The topological polar surface area (TPSA) is 62.1 Å².